The molecule has 1 aromatic carbocycles. The maximum atomic E-state index is 11.4. The van der Waals surface area contributed by atoms with Gasteiger partial charge in [-0.2, -0.15) is 11.3 Å². The summed E-state index contributed by atoms with van der Waals surface area (Å²) in [7, 11) is -3.88. The third-order valence-corrected chi connectivity index (χ3v) is 4.10. The predicted molar refractivity (Wildman–Crippen MR) is 70.6 cm³/mol. The first kappa shape index (κ1) is 12.4. The Labute approximate surface area is 108 Å². The molecular weight excluding hydrogens is 280 g/mol. The number of nitrogens with two attached hydrogens (primary N) is 2. The van der Waals surface area contributed by atoms with E-state index >= 15 is 0 Å². The summed E-state index contributed by atoms with van der Waals surface area (Å²) in [4.78, 5) is -0.147. The zero-order chi connectivity index (χ0) is 12.6. The molecule has 0 fully saturated rings. The number of primary sulfonamides is 1. The maximum Gasteiger partial charge on any atom is 0.240 e. The number of sulfonamides is 1. The molecule has 0 saturated carbocycles. The Kier molecular flexibility index (Phi) is 3.13. The number of benzene rings is 1. The van der Waals surface area contributed by atoms with Gasteiger partial charge in [-0.3, -0.25) is 0 Å². The van der Waals surface area contributed by atoms with Crippen molar-refractivity contribution in [1.82, 2.24) is 0 Å². The van der Waals surface area contributed by atoms with E-state index in [-0.39, 0.29) is 15.6 Å². The summed E-state index contributed by atoms with van der Waals surface area (Å²) in [5.74, 6) is 0. The van der Waals surface area contributed by atoms with Gasteiger partial charge in [0.05, 0.1) is 5.69 Å². The first-order valence-electron chi connectivity index (χ1n) is 4.54. The Bertz CT molecular complexity index is 651. The highest BCUT2D eigenvalue weighted by molar-refractivity contribution is 7.89. The molecule has 0 aliphatic carbocycles. The number of hydrogen-bond acceptors (Lipinski definition) is 4. The largest absolute Gasteiger partial charge is 0.397 e. The summed E-state index contributed by atoms with van der Waals surface area (Å²) in [6.45, 7) is 0. The minimum absolute atomic E-state index is 0.121. The van der Waals surface area contributed by atoms with Crippen LogP contribution in [0.2, 0.25) is 5.02 Å². The normalized spacial score (nSPS) is 11.6. The van der Waals surface area contributed by atoms with Crippen LogP contribution >= 0.6 is 22.9 Å². The molecule has 4 nitrogen and oxygen atoms in total. The summed E-state index contributed by atoms with van der Waals surface area (Å²) < 4.78 is 22.7. The lowest BCUT2D eigenvalue weighted by Crippen LogP contribution is -2.14. The Morgan fingerprint density at radius 2 is 2.00 bits per heavy atom. The molecule has 0 bridgehead atoms. The lowest BCUT2D eigenvalue weighted by molar-refractivity contribution is 0.598. The van der Waals surface area contributed by atoms with Crippen molar-refractivity contribution in [3.05, 3.63) is 34.0 Å². The molecule has 0 amide bonds. The SMILES string of the molecule is Nc1c(-c2ccsc2)cc(Cl)cc1S(N)(=O)=O. The summed E-state index contributed by atoms with van der Waals surface area (Å²) in [5.41, 5.74) is 7.33. The second-order valence-corrected chi connectivity index (χ2v) is 6.17. The van der Waals surface area contributed by atoms with Crippen LogP contribution in [0.15, 0.2) is 33.9 Å². The molecule has 4 N–H and O–H groups in total. The van der Waals surface area contributed by atoms with Gasteiger partial charge in [-0.05, 0) is 34.5 Å². The standard InChI is InChI=1S/C10H9ClN2O2S2/c11-7-3-8(6-1-2-16-5-6)10(12)9(4-7)17(13,14)15/h1-5H,12H2,(H2,13,14,15). The fourth-order valence-electron chi connectivity index (χ4n) is 1.48. The Balaban J connectivity index is 2.75. The zero-order valence-electron chi connectivity index (χ0n) is 8.55. The van der Waals surface area contributed by atoms with Gasteiger partial charge >= 0.3 is 0 Å². The molecule has 7 heteroatoms. The van der Waals surface area contributed by atoms with Crippen molar-refractivity contribution < 1.29 is 8.42 Å². The minimum Gasteiger partial charge on any atom is -0.397 e. The quantitative estimate of drug-likeness (QED) is 0.831. The van der Waals surface area contributed by atoms with Crippen LogP contribution in [-0.4, -0.2) is 8.42 Å². The van der Waals surface area contributed by atoms with Crippen molar-refractivity contribution in [1.29, 1.82) is 0 Å². The maximum absolute atomic E-state index is 11.4. The first-order valence-corrected chi connectivity index (χ1v) is 7.40. The van der Waals surface area contributed by atoms with Gasteiger partial charge < -0.3 is 5.73 Å². The smallest absolute Gasteiger partial charge is 0.240 e. The van der Waals surface area contributed by atoms with Gasteiger partial charge in [0.15, 0.2) is 0 Å². The fourth-order valence-corrected chi connectivity index (χ4v) is 3.13. The minimum atomic E-state index is -3.88. The molecule has 17 heavy (non-hydrogen) atoms. The van der Waals surface area contributed by atoms with E-state index in [9.17, 15) is 8.42 Å². The van der Waals surface area contributed by atoms with Crippen molar-refractivity contribution in [2.75, 3.05) is 5.73 Å². The molecule has 0 aliphatic rings. The van der Waals surface area contributed by atoms with E-state index in [0.29, 0.717) is 5.56 Å². The van der Waals surface area contributed by atoms with Gasteiger partial charge in [0.25, 0.3) is 0 Å². The molecule has 2 aromatic rings. The lowest BCUT2D eigenvalue weighted by atomic mass is 10.1. The van der Waals surface area contributed by atoms with Gasteiger partial charge in [-0.25, -0.2) is 13.6 Å². The number of halogens is 1. The van der Waals surface area contributed by atoms with E-state index in [2.05, 4.69) is 0 Å². The molecule has 1 heterocycles. The molecule has 0 atom stereocenters. The topological polar surface area (TPSA) is 86.2 Å². The van der Waals surface area contributed by atoms with Crippen LogP contribution in [0.4, 0.5) is 5.69 Å². The van der Waals surface area contributed by atoms with Gasteiger partial charge in [-0.1, -0.05) is 11.6 Å². The van der Waals surface area contributed by atoms with Crippen LogP contribution in [0, 0.1) is 0 Å². The van der Waals surface area contributed by atoms with E-state index in [1.54, 1.807) is 6.07 Å². The van der Waals surface area contributed by atoms with Crippen LogP contribution in [0.5, 0.6) is 0 Å². The zero-order valence-corrected chi connectivity index (χ0v) is 10.9. The van der Waals surface area contributed by atoms with Crippen LogP contribution in [0.25, 0.3) is 11.1 Å². The second-order valence-electron chi connectivity index (χ2n) is 3.42. The van der Waals surface area contributed by atoms with Gasteiger partial charge in [-0.15, -0.1) is 0 Å². The summed E-state index contributed by atoms with van der Waals surface area (Å²) in [6.07, 6.45) is 0. The molecule has 2 rings (SSSR count). The molecule has 0 spiro atoms. The first-order chi connectivity index (χ1) is 7.89. The Morgan fingerprint density at radius 3 is 2.53 bits per heavy atom. The number of hydrogen-bond donors (Lipinski definition) is 2. The number of rotatable bonds is 2. The molecule has 0 saturated heterocycles. The van der Waals surface area contributed by atoms with Gasteiger partial charge in [0.2, 0.25) is 10.0 Å². The van der Waals surface area contributed by atoms with Crippen molar-refractivity contribution in [2.24, 2.45) is 5.14 Å². The van der Waals surface area contributed by atoms with E-state index in [1.807, 2.05) is 16.8 Å². The van der Waals surface area contributed by atoms with Crippen molar-refractivity contribution >= 4 is 38.6 Å². The highest BCUT2D eigenvalue weighted by atomic mass is 35.5. The van der Waals surface area contributed by atoms with Gasteiger partial charge in [0, 0.05) is 10.6 Å². The third-order valence-electron chi connectivity index (χ3n) is 2.25. The average Bonchev–Trinajstić information content (AvgIpc) is 2.72. The van der Waals surface area contributed by atoms with Crippen LogP contribution in [0.1, 0.15) is 0 Å². The molecular formula is C10H9ClN2O2S2. The van der Waals surface area contributed by atoms with E-state index < -0.39 is 10.0 Å². The van der Waals surface area contributed by atoms with Crippen LogP contribution < -0.4 is 10.9 Å². The number of anilines is 1. The molecule has 0 aliphatic heterocycles. The second kappa shape index (κ2) is 4.30. The fraction of sp³-hybridized carbons (Fsp3) is 0. The van der Waals surface area contributed by atoms with E-state index in [0.717, 1.165) is 5.56 Å². The highest BCUT2D eigenvalue weighted by Gasteiger charge is 2.17. The monoisotopic (exact) mass is 288 g/mol. The van der Waals surface area contributed by atoms with Crippen molar-refractivity contribution in [2.45, 2.75) is 4.90 Å². The number of nitrogen functional groups attached to an aromatic ring is 1. The average molecular weight is 289 g/mol. The summed E-state index contributed by atoms with van der Waals surface area (Å²) >= 11 is 7.36. The summed E-state index contributed by atoms with van der Waals surface area (Å²) in [6, 6.07) is 4.70. The molecule has 1 aromatic heterocycles. The van der Waals surface area contributed by atoms with Crippen molar-refractivity contribution in [3.8, 4) is 11.1 Å². The van der Waals surface area contributed by atoms with E-state index in [4.69, 9.17) is 22.5 Å². The Morgan fingerprint density at radius 1 is 1.29 bits per heavy atom. The summed E-state index contributed by atoms with van der Waals surface area (Å²) in [5, 5.41) is 9.09. The van der Waals surface area contributed by atoms with Crippen LogP contribution in [-0.2, 0) is 10.0 Å². The van der Waals surface area contributed by atoms with Gasteiger partial charge in [0.1, 0.15) is 4.90 Å². The van der Waals surface area contributed by atoms with Crippen LogP contribution in [0.3, 0.4) is 0 Å². The molecule has 90 valence electrons. The number of thiophene rings is 1. The molecule has 0 radical (unpaired) electrons. The highest BCUT2D eigenvalue weighted by Crippen LogP contribution is 2.34. The molecule has 0 unspecified atom stereocenters. The Hall–Kier alpha value is -1.08. The predicted octanol–water partition coefficient (Wildman–Crippen LogP) is 2.30. The lowest BCUT2D eigenvalue weighted by Gasteiger charge is -2.09. The van der Waals surface area contributed by atoms with Crippen molar-refractivity contribution in [3.63, 3.8) is 0 Å². The van der Waals surface area contributed by atoms with E-state index in [1.165, 1.54) is 17.4 Å². The third kappa shape index (κ3) is 2.44.